The molecule has 1 N–H and O–H groups in total. The van der Waals surface area contributed by atoms with Gasteiger partial charge in [0.15, 0.2) is 0 Å². The fourth-order valence-electron chi connectivity index (χ4n) is 3.57. The lowest BCUT2D eigenvalue weighted by Crippen LogP contribution is -2.32. The van der Waals surface area contributed by atoms with Crippen LogP contribution in [0.1, 0.15) is 41.6 Å². The van der Waals surface area contributed by atoms with Crippen LogP contribution in [0.4, 0.5) is 0 Å². The van der Waals surface area contributed by atoms with Crippen LogP contribution in [-0.2, 0) is 6.61 Å². The minimum Gasteiger partial charge on any atom is -0.489 e. The van der Waals surface area contributed by atoms with E-state index in [-0.39, 0.29) is 5.91 Å². The minimum absolute atomic E-state index is 0.0180. The average molecular weight is 345 g/mol. The van der Waals surface area contributed by atoms with Crippen LogP contribution in [0.5, 0.6) is 5.75 Å². The van der Waals surface area contributed by atoms with Gasteiger partial charge in [-0.25, -0.2) is 0 Å². The molecular weight excluding hydrogens is 322 g/mol. The first-order valence-corrected chi connectivity index (χ1v) is 9.29. The van der Waals surface area contributed by atoms with Gasteiger partial charge in [0.25, 0.3) is 5.91 Å². The molecule has 1 aliphatic carbocycles. The van der Waals surface area contributed by atoms with Crippen molar-refractivity contribution >= 4 is 16.7 Å². The maximum Gasteiger partial charge on any atom is 0.251 e. The number of hydrogen-bond acceptors (Lipinski definition) is 2. The van der Waals surface area contributed by atoms with Crippen molar-refractivity contribution in [3.05, 3.63) is 77.9 Å². The van der Waals surface area contributed by atoms with Crippen molar-refractivity contribution in [1.82, 2.24) is 5.32 Å². The summed E-state index contributed by atoms with van der Waals surface area (Å²) in [5, 5.41) is 5.50. The number of hydrogen-bond donors (Lipinski definition) is 1. The third-order valence-electron chi connectivity index (χ3n) is 5.01. The van der Waals surface area contributed by atoms with Gasteiger partial charge in [0, 0.05) is 11.6 Å². The molecule has 0 heterocycles. The summed E-state index contributed by atoms with van der Waals surface area (Å²) >= 11 is 0. The quantitative estimate of drug-likeness (QED) is 0.699. The van der Waals surface area contributed by atoms with Crippen LogP contribution >= 0.6 is 0 Å². The number of carbonyl (C=O) groups is 1. The summed E-state index contributed by atoms with van der Waals surface area (Å²) in [5.41, 5.74) is 1.70. The molecule has 1 saturated carbocycles. The largest absolute Gasteiger partial charge is 0.489 e. The zero-order valence-electron chi connectivity index (χ0n) is 14.8. The summed E-state index contributed by atoms with van der Waals surface area (Å²) < 4.78 is 5.94. The Morgan fingerprint density at radius 2 is 1.73 bits per heavy atom. The Bertz CT molecular complexity index is 913. The van der Waals surface area contributed by atoms with Crippen LogP contribution in [0.25, 0.3) is 10.8 Å². The molecular formula is C23H23NO2. The number of amides is 1. The molecule has 0 saturated heterocycles. The number of carbonyl (C=O) groups excluding carboxylic acids is 1. The van der Waals surface area contributed by atoms with Crippen LogP contribution in [0, 0.1) is 0 Å². The Hall–Kier alpha value is -2.81. The summed E-state index contributed by atoms with van der Waals surface area (Å²) in [6.45, 7) is 0.447. The summed E-state index contributed by atoms with van der Waals surface area (Å²) in [5.74, 6) is 0.856. The van der Waals surface area contributed by atoms with E-state index in [0.29, 0.717) is 18.2 Å². The molecule has 132 valence electrons. The zero-order chi connectivity index (χ0) is 17.8. The van der Waals surface area contributed by atoms with E-state index in [4.69, 9.17) is 4.74 Å². The molecule has 1 fully saturated rings. The molecule has 0 atom stereocenters. The van der Waals surface area contributed by atoms with Crippen LogP contribution in [0.2, 0.25) is 0 Å². The SMILES string of the molecule is O=C(NC1CCCC1)c1cccc(COc2ccc3ccccc3c2)c1. The van der Waals surface area contributed by atoms with E-state index in [1.807, 2.05) is 48.5 Å². The predicted octanol–water partition coefficient (Wildman–Crippen LogP) is 5.09. The Labute approximate surface area is 154 Å². The van der Waals surface area contributed by atoms with Crippen molar-refractivity contribution in [2.75, 3.05) is 0 Å². The van der Waals surface area contributed by atoms with Gasteiger partial charge in [-0.2, -0.15) is 0 Å². The van der Waals surface area contributed by atoms with Crippen molar-refractivity contribution in [2.45, 2.75) is 38.3 Å². The highest BCUT2D eigenvalue weighted by atomic mass is 16.5. The van der Waals surface area contributed by atoms with Crippen LogP contribution < -0.4 is 10.1 Å². The predicted molar refractivity (Wildman–Crippen MR) is 104 cm³/mol. The number of ether oxygens (including phenoxy) is 1. The van der Waals surface area contributed by atoms with Crippen LogP contribution in [-0.4, -0.2) is 11.9 Å². The van der Waals surface area contributed by atoms with Gasteiger partial charge >= 0.3 is 0 Å². The van der Waals surface area contributed by atoms with E-state index in [9.17, 15) is 4.79 Å². The van der Waals surface area contributed by atoms with E-state index >= 15 is 0 Å². The lowest BCUT2D eigenvalue weighted by atomic mass is 10.1. The van der Waals surface area contributed by atoms with E-state index in [2.05, 4.69) is 23.5 Å². The van der Waals surface area contributed by atoms with Crippen molar-refractivity contribution in [3.8, 4) is 5.75 Å². The summed E-state index contributed by atoms with van der Waals surface area (Å²) in [6.07, 6.45) is 4.61. The molecule has 26 heavy (non-hydrogen) atoms. The van der Waals surface area contributed by atoms with E-state index < -0.39 is 0 Å². The van der Waals surface area contributed by atoms with Gasteiger partial charge in [-0.1, -0.05) is 55.3 Å². The molecule has 0 unspecified atom stereocenters. The summed E-state index contributed by atoms with van der Waals surface area (Å²) in [4.78, 5) is 12.4. The maximum absolute atomic E-state index is 12.4. The van der Waals surface area contributed by atoms with Gasteiger partial charge < -0.3 is 10.1 Å². The summed E-state index contributed by atoms with van der Waals surface area (Å²) in [7, 11) is 0. The van der Waals surface area contributed by atoms with Crippen molar-refractivity contribution < 1.29 is 9.53 Å². The summed E-state index contributed by atoms with van der Waals surface area (Å²) in [6, 6.07) is 22.4. The van der Waals surface area contributed by atoms with Gasteiger partial charge in [-0.15, -0.1) is 0 Å². The molecule has 3 nitrogen and oxygen atoms in total. The number of fused-ring (bicyclic) bond motifs is 1. The molecule has 0 aromatic heterocycles. The molecule has 1 aliphatic rings. The van der Waals surface area contributed by atoms with Crippen molar-refractivity contribution in [2.24, 2.45) is 0 Å². The van der Waals surface area contributed by atoms with Crippen LogP contribution in [0.15, 0.2) is 66.7 Å². The second kappa shape index (κ2) is 7.61. The molecule has 3 aromatic rings. The van der Waals surface area contributed by atoms with Crippen molar-refractivity contribution in [1.29, 1.82) is 0 Å². The van der Waals surface area contributed by atoms with Gasteiger partial charge in [0.05, 0.1) is 0 Å². The van der Waals surface area contributed by atoms with Crippen molar-refractivity contribution in [3.63, 3.8) is 0 Å². The second-order valence-corrected chi connectivity index (χ2v) is 6.95. The van der Waals surface area contributed by atoms with E-state index in [1.54, 1.807) is 0 Å². The molecule has 4 rings (SSSR count). The van der Waals surface area contributed by atoms with E-state index in [0.717, 1.165) is 29.5 Å². The van der Waals surface area contributed by atoms with Gasteiger partial charge in [-0.05, 0) is 53.4 Å². The molecule has 0 aliphatic heterocycles. The number of nitrogens with one attached hydrogen (secondary N) is 1. The Morgan fingerprint density at radius 3 is 2.58 bits per heavy atom. The molecule has 1 amide bonds. The number of rotatable bonds is 5. The minimum atomic E-state index is 0.0180. The molecule has 0 bridgehead atoms. The normalized spacial score (nSPS) is 14.5. The maximum atomic E-state index is 12.4. The Balaban J connectivity index is 1.41. The Morgan fingerprint density at radius 1 is 0.923 bits per heavy atom. The van der Waals surface area contributed by atoms with Gasteiger partial charge in [0.1, 0.15) is 12.4 Å². The topological polar surface area (TPSA) is 38.3 Å². The lowest BCUT2D eigenvalue weighted by molar-refractivity contribution is 0.0937. The third kappa shape index (κ3) is 3.88. The highest BCUT2D eigenvalue weighted by Crippen LogP contribution is 2.22. The van der Waals surface area contributed by atoms with Gasteiger partial charge in [-0.3, -0.25) is 4.79 Å². The highest BCUT2D eigenvalue weighted by Gasteiger charge is 2.18. The van der Waals surface area contributed by atoms with Crippen LogP contribution in [0.3, 0.4) is 0 Å². The van der Waals surface area contributed by atoms with Gasteiger partial charge in [0.2, 0.25) is 0 Å². The number of benzene rings is 3. The molecule has 3 heteroatoms. The first-order valence-electron chi connectivity index (χ1n) is 9.29. The molecule has 0 radical (unpaired) electrons. The standard InChI is InChI=1S/C23H23NO2/c25-23(24-21-10-3-4-11-21)20-9-5-6-17(14-20)16-26-22-13-12-18-7-1-2-8-19(18)15-22/h1-2,5-9,12-15,21H,3-4,10-11,16H2,(H,24,25). The third-order valence-corrected chi connectivity index (χ3v) is 5.01. The highest BCUT2D eigenvalue weighted by molar-refractivity contribution is 5.94. The lowest BCUT2D eigenvalue weighted by Gasteiger charge is -2.13. The fraction of sp³-hybridized carbons (Fsp3) is 0.261. The molecule has 0 spiro atoms. The first-order chi connectivity index (χ1) is 12.8. The zero-order valence-corrected chi connectivity index (χ0v) is 14.8. The smallest absolute Gasteiger partial charge is 0.251 e. The second-order valence-electron chi connectivity index (χ2n) is 6.95. The first kappa shape index (κ1) is 16.6. The fourth-order valence-corrected chi connectivity index (χ4v) is 3.57. The Kier molecular flexibility index (Phi) is 4.87. The monoisotopic (exact) mass is 345 g/mol. The van der Waals surface area contributed by atoms with E-state index in [1.165, 1.54) is 18.2 Å². The molecule has 3 aromatic carbocycles. The average Bonchev–Trinajstić information content (AvgIpc) is 3.19.